The average molecular weight is 542 g/mol. The molecule has 5 rings (SSSR count). The number of carbonyl (C=O) groups excluding carboxylic acids is 2. The fraction of sp³-hybridized carbons (Fsp3) is 0.333. The van der Waals surface area contributed by atoms with E-state index in [2.05, 4.69) is 23.3 Å². The van der Waals surface area contributed by atoms with Gasteiger partial charge in [0.2, 0.25) is 11.8 Å². The zero-order valence-electron chi connectivity index (χ0n) is 22.6. The van der Waals surface area contributed by atoms with Crippen LogP contribution in [0.15, 0.2) is 91.5 Å². The van der Waals surface area contributed by atoms with E-state index in [1.165, 1.54) is 17.7 Å². The van der Waals surface area contributed by atoms with Gasteiger partial charge in [-0.05, 0) is 53.6 Å². The maximum Gasteiger partial charge on any atom is 0.245 e. The molecular weight excluding hydrogens is 505 g/mol. The Morgan fingerprint density at radius 3 is 2.50 bits per heavy atom. The number of fused-ring (bicyclic) bond motifs is 1. The number of halogens is 1. The van der Waals surface area contributed by atoms with E-state index in [-0.39, 0.29) is 36.2 Å². The Bertz CT molecular complexity index is 1310. The Morgan fingerprint density at radius 1 is 1.02 bits per heavy atom. The van der Waals surface area contributed by atoms with Gasteiger partial charge in [-0.2, -0.15) is 0 Å². The molecule has 208 valence electrons. The molecule has 1 unspecified atom stereocenters. The normalized spacial score (nSPS) is 20.9. The van der Waals surface area contributed by atoms with Gasteiger partial charge in [-0.15, -0.1) is 6.58 Å². The predicted octanol–water partition coefficient (Wildman–Crippen LogP) is 4.33. The zero-order valence-corrected chi connectivity index (χ0v) is 22.6. The second-order valence-corrected chi connectivity index (χ2v) is 10.6. The molecule has 2 aliphatic rings. The summed E-state index contributed by atoms with van der Waals surface area (Å²) >= 11 is 0. The fourth-order valence-corrected chi connectivity index (χ4v) is 5.64. The maximum atomic E-state index is 14.1. The Kier molecular flexibility index (Phi) is 9.04. The molecule has 0 bridgehead atoms. The second kappa shape index (κ2) is 13.0. The maximum absolute atomic E-state index is 14.1. The minimum Gasteiger partial charge on any atom is -0.372 e. The number of nitrogens with zero attached hydrogens (tertiary/aromatic N) is 1. The van der Waals surface area contributed by atoms with Crippen LogP contribution in [0.1, 0.15) is 35.1 Å². The van der Waals surface area contributed by atoms with Crippen molar-refractivity contribution in [2.45, 2.75) is 63.1 Å². The highest BCUT2D eigenvalue weighted by molar-refractivity contribution is 5.90. The molecule has 0 radical (unpaired) electrons. The van der Waals surface area contributed by atoms with E-state index in [4.69, 9.17) is 4.74 Å². The van der Waals surface area contributed by atoms with E-state index in [1.807, 2.05) is 59.5 Å². The summed E-state index contributed by atoms with van der Waals surface area (Å²) in [6, 6.07) is 22.8. The first-order valence-corrected chi connectivity index (χ1v) is 13.9. The lowest BCUT2D eigenvalue weighted by Crippen LogP contribution is -2.56. The molecule has 2 N–H and O–H groups in total. The summed E-state index contributed by atoms with van der Waals surface area (Å²) < 4.78 is 19.8. The van der Waals surface area contributed by atoms with Gasteiger partial charge in [0.05, 0.1) is 18.8 Å². The van der Waals surface area contributed by atoms with Crippen LogP contribution in [0.2, 0.25) is 0 Å². The molecule has 2 amide bonds. The van der Waals surface area contributed by atoms with Gasteiger partial charge < -0.3 is 20.3 Å². The van der Waals surface area contributed by atoms with Crippen LogP contribution in [0.5, 0.6) is 0 Å². The van der Waals surface area contributed by atoms with E-state index >= 15 is 0 Å². The van der Waals surface area contributed by atoms with E-state index in [0.29, 0.717) is 39.0 Å². The van der Waals surface area contributed by atoms with Crippen LogP contribution < -0.4 is 10.6 Å². The third-order valence-corrected chi connectivity index (χ3v) is 7.79. The summed E-state index contributed by atoms with van der Waals surface area (Å²) in [7, 11) is 0. The first-order valence-electron chi connectivity index (χ1n) is 13.9. The van der Waals surface area contributed by atoms with E-state index < -0.39 is 12.1 Å². The smallest absolute Gasteiger partial charge is 0.245 e. The number of hydrogen-bond acceptors (Lipinski definition) is 4. The molecule has 6 nitrogen and oxygen atoms in total. The van der Waals surface area contributed by atoms with Crippen LogP contribution in [-0.2, 0) is 40.3 Å². The Labute approximate surface area is 235 Å². The highest BCUT2D eigenvalue weighted by Gasteiger charge is 2.39. The van der Waals surface area contributed by atoms with Gasteiger partial charge in [-0.1, -0.05) is 72.8 Å². The number of hydrogen-bond donors (Lipinski definition) is 2. The number of carbonyl (C=O) groups is 2. The minimum absolute atomic E-state index is 0.0712. The lowest BCUT2D eigenvalue weighted by Gasteiger charge is -2.31. The molecule has 3 aromatic carbocycles. The number of nitrogens with one attached hydrogen (secondary N) is 2. The topological polar surface area (TPSA) is 70.7 Å². The van der Waals surface area contributed by atoms with Crippen LogP contribution >= 0.6 is 0 Å². The van der Waals surface area contributed by atoms with Crippen molar-refractivity contribution in [3.8, 4) is 0 Å². The number of rotatable bonds is 10. The summed E-state index contributed by atoms with van der Waals surface area (Å²) in [6.07, 6.45) is 3.85. The van der Waals surface area contributed by atoms with Crippen LogP contribution in [0.25, 0.3) is 0 Å². The molecule has 40 heavy (non-hydrogen) atoms. The van der Waals surface area contributed by atoms with E-state index in [1.54, 1.807) is 12.1 Å². The van der Waals surface area contributed by atoms with Crippen molar-refractivity contribution < 1.29 is 18.7 Å². The van der Waals surface area contributed by atoms with Crippen LogP contribution in [0.3, 0.4) is 0 Å². The van der Waals surface area contributed by atoms with Gasteiger partial charge in [0.1, 0.15) is 11.9 Å². The molecule has 0 spiro atoms. The summed E-state index contributed by atoms with van der Waals surface area (Å²) in [5, 5.41) is 6.35. The van der Waals surface area contributed by atoms with Crippen molar-refractivity contribution in [1.29, 1.82) is 0 Å². The van der Waals surface area contributed by atoms with E-state index in [9.17, 15) is 14.0 Å². The van der Waals surface area contributed by atoms with Crippen molar-refractivity contribution in [3.05, 3.63) is 120 Å². The van der Waals surface area contributed by atoms with Crippen LogP contribution in [0.4, 0.5) is 4.39 Å². The molecule has 2 aliphatic heterocycles. The lowest BCUT2D eigenvalue weighted by atomic mass is 9.95. The summed E-state index contributed by atoms with van der Waals surface area (Å²) in [6.45, 7) is 5.40. The third kappa shape index (κ3) is 6.84. The highest BCUT2D eigenvalue weighted by Crippen LogP contribution is 2.26. The Balaban J connectivity index is 1.31. The molecular formula is C33H36FN3O3. The zero-order chi connectivity index (χ0) is 27.9. The molecule has 0 aliphatic carbocycles. The summed E-state index contributed by atoms with van der Waals surface area (Å²) in [5.41, 5.74) is 4.16. The third-order valence-electron chi connectivity index (χ3n) is 7.79. The fourth-order valence-electron chi connectivity index (χ4n) is 5.64. The minimum atomic E-state index is -0.794. The molecule has 1 fully saturated rings. The number of benzene rings is 3. The molecule has 7 heteroatoms. The van der Waals surface area contributed by atoms with Crippen LogP contribution in [0, 0.1) is 5.82 Å². The number of ether oxygens (including phenoxy) is 1. The van der Waals surface area contributed by atoms with Gasteiger partial charge in [0.15, 0.2) is 0 Å². The van der Waals surface area contributed by atoms with Crippen molar-refractivity contribution in [1.82, 2.24) is 15.5 Å². The monoisotopic (exact) mass is 541 g/mol. The van der Waals surface area contributed by atoms with Crippen molar-refractivity contribution in [2.24, 2.45) is 0 Å². The van der Waals surface area contributed by atoms with Gasteiger partial charge in [0, 0.05) is 25.6 Å². The van der Waals surface area contributed by atoms with Gasteiger partial charge in [-0.3, -0.25) is 9.59 Å². The van der Waals surface area contributed by atoms with Crippen molar-refractivity contribution in [2.75, 3.05) is 6.54 Å². The van der Waals surface area contributed by atoms with E-state index in [0.717, 1.165) is 16.7 Å². The standard InChI is InChI=1S/C33H36FN3O3/c1-2-8-28-19-29(40-22-24-9-4-3-5-10-24)21-37(28)33(39)31(17-23-13-15-27(34)16-14-23)36-32(38)30-18-25-11-6-7-12-26(25)20-35-30/h2-7,9-16,28-31,35H,1,8,17-22H2,(H,36,38)/t28-,29+,30?,31+/m0/s1. The lowest BCUT2D eigenvalue weighted by molar-refractivity contribution is -0.138. The molecule has 0 aromatic heterocycles. The van der Waals surface area contributed by atoms with Crippen molar-refractivity contribution in [3.63, 3.8) is 0 Å². The first-order chi connectivity index (χ1) is 19.5. The quantitative estimate of drug-likeness (QED) is 0.375. The SMILES string of the molecule is C=CC[C@H]1C[C@@H](OCc2ccccc2)CN1C(=O)[C@@H](Cc1ccc(F)cc1)NC(=O)C1Cc2ccccc2CN1. The number of likely N-dealkylation sites (tertiary alicyclic amines) is 1. The molecule has 0 saturated carbocycles. The first kappa shape index (κ1) is 27.7. The molecule has 3 aromatic rings. The summed E-state index contributed by atoms with van der Waals surface area (Å²) in [5.74, 6) is -0.720. The molecule has 2 heterocycles. The van der Waals surface area contributed by atoms with Gasteiger partial charge in [-0.25, -0.2) is 4.39 Å². The largest absolute Gasteiger partial charge is 0.372 e. The van der Waals surface area contributed by atoms with Gasteiger partial charge in [0.25, 0.3) is 0 Å². The van der Waals surface area contributed by atoms with Crippen LogP contribution in [-0.4, -0.2) is 47.5 Å². The highest BCUT2D eigenvalue weighted by atomic mass is 19.1. The molecule has 4 atom stereocenters. The van der Waals surface area contributed by atoms with Crippen molar-refractivity contribution >= 4 is 11.8 Å². The predicted molar refractivity (Wildman–Crippen MR) is 153 cm³/mol. The average Bonchev–Trinajstić information content (AvgIpc) is 3.39. The summed E-state index contributed by atoms with van der Waals surface area (Å²) in [4.78, 5) is 29.4. The Hall–Kier alpha value is -3.81. The Morgan fingerprint density at radius 2 is 1.75 bits per heavy atom. The second-order valence-electron chi connectivity index (χ2n) is 10.6. The number of amides is 2. The molecule has 1 saturated heterocycles. The van der Waals surface area contributed by atoms with Gasteiger partial charge >= 0.3 is 0 Å².